The van der Waals surface area contributed by atoms with E-state index in [0.29, 0.717) is 18.8 Å². The molecule has 1 N–H and O–H groups in total. The van der Waals surface area contributed by atoms with Crippen molar-refractivity contribution in [2.24, 2.45) is 12.5 Å². The minimum Gasteiger partial charge on any atom is -0.483 e. The fraction of sp³-hybridized carbons (Fsp3) is 0.391. The van der Waals surface area contributed by atoms with Gasteiger partial charge in [0.05, 0.1) is 15.4 Å². The van der Waals surface area contributed by atoms with Crippen molar-refractivity contribution < 1.29 is 36.7 Å². The summed E-state index contributed by atoms with van der Waals surface area (Å²) in [5.41, 5.74) is 3.35. The third-order valence-corrected chi connectivity index (χ3v) is 13.8. The molecule has 14 nitrogen and oxygen atoms in total. The highest BCUT2D eigenvalue weighted by Crippen LogP contribution is 2.44. The number of carbonyl (C=O) groups is 1. The smallest absolute Gasteiger partial charge is 0.312 e. The molecular weight excluding hydrogens is 851 g/mol. The van der Waals surface area contributed by atoms with Crippen molar-refractivity contribution in [1.29, 1.82) is 0 Å². The maximum atomic E-state index is 15.2. The first-order chi connectivity index (χ1) is 30.0. The number of ether oxygens (including phenoxy) is 3. The predicted molar refractivity (Wildman–Crippen MR) is 238 cm³/mol. The monoisotopic (exact) mass is 900 g/mol. The number of fused-ring (bicyclic) bond motifs is 1. The Morgan fingerprint density at radius 1 is 0.968 bits per heavy atom. The zero-order valence-corrected chi connectivity index (χ0v) is 37.0. The molecule has 0 atom stereocenters. The maximum absolute atomic E-state index is 15.2. The molecule has 332 valence electrons. The number of aryl methyl sites for hydroxylation is 1. The number of halogens is 2. The van der Waals surface area contributed by atoms with Crippen molar-refractivity contribution in [3.05, 3.63) is 117 Å². The molecule has 1 aliphatic carbocycles. The van der Waals surface area contributed by atoms with Crippen LogP contribution in [0.15, 0.2) is 95.7 Å². The van der Waals surface area contributed by atoms with Crippen LogP contribution in [0.5, 0.6) is 17.2 Å². The Kier molecular flexibility index (Phi) is 12.5. The van der Waals surface area contributed by atoms with Crippen LogP contribution in [0, 0.1) is 15.5 Å². The summed E-state index contributed by atoms with van der Waals surface area (Å²) in [6, 6.07) is 19.7. The van der Waals surface area contributed by atoms with Gasteiger partial charge in [-0.3, -0.25) is 19.8 Å². The molecule has 63 heavy (non-hydrogen) atoms. The van der Waals surface area contributed by atoms with Crippen LogP contribution < -0.4 is 19.1 Å². The number of alkyl halides is 1. The van der Waals surface area contributed by atoms with E-state index in [1.165, 1.54) is 22.8 Å². The molecule has 2 saturated heterocycles. The summed E-state index contributed by atoms with van der Waals surface area (Å²) in [7, 11) is -2.85. The first kappa shape index (κ1) is 44.1. The van der Waals surface area contributed by atoms with Crippen LogP contribution in [0.1, 0.15) is 61.9 Å². The Bertz CT molecular complexity index is 2620. The van der Waals surface area contributed by atoms with Crippen molar-refractivity contribution >= 4 is 44.5 Å². The number of aromatic nitrogens is 2. The van der Waals surface area contributed by atoms with E-state index < -0.39 is 43.7 Å². The summed E-state index contributed by atoms with van der Waals surface area (Å²) in [4.78, 5) is 33.7. The van der Waals surface area contributed by atoms with Gasteiger partial charge in [-0.25, -0.2) is 22.5 Å². The van der Waals surface area contributed by atoms with E-state index in [1.54, 1.807) is 35.2 Å². The van der Waals surface area contributed by atoms with Gasteiger partial charge in [-0.1, -0.05) is 43.2 Å². The third kappa shape index (κ3) is 10.1. The summed E-state index contributed by atoms with van der Waals surface area (Å²) in [6.45, 7) is 8.43. The second kappa shape index (κ2) is 17.9. The molecule has 4 heterocycles. The molecule has 1 amide bonds. The van der Waals surface area contributed by atoms with Crippen molar-refractivity contribution in [3.63, 3.8) is 0 Å². The lowest BCUT2D eigenvalue weighted by molar-refractivity contribution is -0.386. The van der Waals surface area contributed by atoms with E-state index >= 15 is 4.39 Å². The number of allylic oxidation sites excluding steroid dienone is 1. The number of nitro benzene ring substituents is 1. The average Bonchev–Trinajstić information content (AvgIpc) is 3.74. The van der Waals surface area contributed by atoms with E-state index in [1.807, 2.05) is 25.2 Å². The molecule has 5 aliphatic rings. The molecule has 3 aromatic carbocycles. The zero-order chi connectivity index (χ0) is 44.5. The standard InChI is InChI=1S/C46H50ClFN6O8S/c1-45(2)14-12-33(39(27-45)31-4-6-34(47)7-5-31)28-52-18-20-53(21-19-52)35-8-10-38(42(25-35)62-36-24-32-13-17-49-43(32)51(3)29-36)44(55)50-63(58,59)37-9-11-41(40(26-37)54(56)57)61-30-46(48)15-22-60-23-16-46/h4-11,13,17,24-26,29H,12,14-16,18-23,27-28,30H2,1-3H3,(H,50,55). The highest BCUT2D eigenvalue weighted by atomic mass is 35.5. The summed E-state index contributed by atoms with van der Waals surface area (Å²) in [6.07, 6.45) is 6.67. The number of rotatable bonds is 13. The Morgan fingerprint density at radius 2 is 1.71 bits per heavy atom. The fourth-order valence-corrected chi connectivity index (χ4v) is 9.61. The van der Waals surface area contributed by atoms with Crippen LogP contribution in [0.3, 0.4) is 0 Å². The minimum absolute atomic E-state index is 0.0605. The van der Waals surface area contributed by atoms with Crippen LogP contribution in [-0.4, -0.2) is 91.9 Å². The van der Waals surface area contributed by atoms with Gasteiger partial charge in [0.2, 0.25) is 0 Å². The molecular formula is C46H50ClFN6O8S. The van der Waals surface area contributed by atoms with Gasteiger partial charge < -0.3 is 23.7 Å². The van der Waals surface area contributed by atoms with Crippen LogP contribution in [0.25, 0.3) is 17.0 Å². The lowest BCUT2D eigenvalue weighted by Crippen LogP contribution is -2.47. The quantitative estimate of drug-likeness (QED) is 0.0891. The molecule has 4 aliphatic heterocycles. The maximum Gasteiger partial charge on any atom is 0.312 e. The third-order valence-electron chi connectivity index (χ3n) is 12.2. The molecule has 0 spiro atoms. The van der Waals surface area contributed by atoms with Crippen molar-refractivity contribution in [1.82, 2.24) is 19.2 Å². The summed E-state index contributed by atoms with van der Waals surface area (Å²) < 4.78 is 63.5. The first-order valence-corrected chi connectivity index (χ1v) is 22.8. The molecule has 8 rings (SSSR count). The van der Waals surface area contributed by atoms with E-state index in [0.717, 1.165) is 79.2 Å². The number of amides is 1. The topological polar surface area (TPSA) is 158 Å². The Morgan fingerprint density at radius 3 is 2.44 bits per heavy atom. The van der Waals surface area contributed by atoms with Crippen molar-refractivity contribution in [3.8, 4) is 28.6 Å². The highest BCUT2D eigenvalue weighted by molar-refractivity contribution is 7.90. The molecule has 0 saturated carbocycles. The van der Waals surface area contributed by atoms with Crippen LogP contribution in [0.4, 0.5) is 15.8 Å². The van der Waals surface area contributed by atoms with Crippen LogP contribution in [0.2, 0.25) is 5.02 Å². The SMILES string of the molecule is Cn1cc(Oc2cc(N3CCN(CC4=C(c5ccc(Cl)cc5)CC(C)(C)CC4)CC3)ccc2C(=O)NS(=O)(=O)c2ccc(OCC3(F)CCOCC3)c([N+](=O)[O-])c2)cc2ccnc1-2. The van der Waals surface area contributed by atoms with E-state index in [-0.39, 0.29) is 48.5 Å². The van der Waals surface area contributed by atoms with Gasteiger partial charge in [-0.15, -0.1) is 0 Å². The van der Waals surface area contributed by atoms with E-state index in [9.17, 15) is 23.3 Å². The molecule has 0 unspecified atom stereocenters. The van der Waals surface area contributed by atoms with Gasteiger partial charge in [-0.05, 0) is 84.3 Å². The summed E-state index contributed by atoms with van der Waals surface area (Å²) in [5, 5.41) is 12.8. The average molecular weight is 901 g/mol. The van der Waals surface area contributed by atoms with Gasteiger partial charge in [0.15, 0.2) is 5.75 Å². The van der Waals surface area contributed by atoms with Crippen molar-refractivity contribution in [2.75, 3.05) is 57.4 Å². The molecule has 2 fully saturated rings. The number of carbonyl (C=O) groups excluding carboxylic acids is 1. The van der Waals surface area contributed by atoms with Gasteiger partial charge >= 0.3 is 5.69 Å². The number of nitrogens with one attached hydrogen (secondary N) is 1. The number of benzene rings is 3. The van der Waals surface area contributed by atoms with Gasteiger partial charge in [0.25, 0.3) is 15.9 Å². The largest absolute Gasteiger partial charge is 0.483 e. The predicted octanol–water partition coefficient (Wildman–Crippen LogP) is 8.68. The Hall–Kier alpha value is -5.55. The number of anilines is 1. The first-order valence-electron chi connectivity index (χ1n) is 21.0. The van der Waals surface area contributed by atoms with E-state index in [4.69, 9.17) is 25.8 Å². The number of hydrogen-bond donors (Lipinski definition) is 1. The number of nitrogens with zero attached hydrogens (tertiary/aromatic N) is 5. The number of pyridine rings is 1. The second-order valence-corrected chi connectivity index (χ2v) is 19.5. The summed E-state index contributed by atoms with van der Waals surface area (Å²) >= 11 is 6.24. The highest BCUT2D eigenvalue weighted by Gasteiger charge is 2.35. The van der Waals surface area contributed by atoms with Crippen LogP contribution in [-0.2, 0) is 21.8 Å². The van der Waals surface area contributed by atoms with E-state index in [2.05, 4.69) is 45.5 Å². The number of nitro groups is 1. The number of sulfonamides is 1. The molecule has 17 heteroatoms. The molecule has 0 aromatic heterocycles. The molecule has 0 radical (unpaired) electrons. The van der Waals surface area contributed by atoms with Gasteiger partial charge in [0, 0.05) is 107 Å². The molecule has 0 bridgehead atoms. The zero-order valence-electron chi connectivity index (χ0n) is 35.4. The summed E-state index contributed by atoms with van der Waals surface area (Å²) in [5.74, 6) is -0.0938. The lowest BCUT2D eigenvalue weighted by atomic mass is 9.72. The van der Waals surface area contributed by atoms with Crippen molar-refractivity contribution in [2.45, 2.75) is 56.5 Å². The lowest BCUT2D eigenvalue weighted by Gasteiger charge is -2.39. The van der Waals surface area contributed by atoms with Gasteiger partial charge in [-0.2, -0.15) is 0 Å². The number of piperazine rings is 1. The number of hydrogen-bond acceptors (Lipinski definition) is 11. The fourth-order valence-electron chi connectivity index (χ4n) is 8.50. The van der Waals surface area contributed by atoms with Crippen LogP contribution >= 0.6 is 11.6 Å². The Labute approximate surface area is 371 Å². The minimum atomic E-state index is -4.67. The Balaban J connectivity index is 1.02. The normalized spacial score (nSPS) is 18.0. The second-order valence-electron chi connectivity index (χ2n) is 17.4. The van der Waals surface area contributed by atoms with Gasteiger partial charge in [0.1, 0.15) is 29.6 Å². The molecule has 3 aromatic rings.